The van der Waals surface area contributed by atoms with Crippen molar-refractivity contribution in [3.8, 4) is 0 Å². The molecule has 2 atom stereocenters. The molecule has 0 amide bonds. The Morgan fingerprint density at radius 3 is 2.74 bits per heavy atom. The van der Waals surface area contributed by atoms with Gasteiger partial charge in [0.05, 0.1) is 12.5 Å². The zero-order chi connectivity index (χ0) is 14.5. The molecule has 0 bridgehead atoms. The Labute approximate surface area is 111 Å². The summed E-state index contributed by atoms with van der Waals surface area (Å²) in [6.45, 7) is 2.76. The minimum Gasteiger partial charge on any atom is -0.465 e. The molecule has 1 aliphatic heterocycles. The second kappa shape index (κ2) is 7.09. The van der Waals surface area contributed by atoms with Gasteiger partial charge in [-0.2, -0.15) is 13.2 Å². The Kier molecular flexibility index (Phi) is 6.06. The van der Waals surface area contributed by atoms with Crippen molar-refractivity contribution in [2.45, 2.75) is 32.0 Å². The fourth-order valence-electron chi connectivity index (χ4n) is 2.27. The number of alkyl halides is 3. The number of likely N-dealkylation sites (N-methyl/N-ethyl adjacent to an activating group) is 1. The molecule has 0 aliphatic carbocycles. The van der Waals surface area contributed by atoms with Gasteiger partial charge in [-0.25, -0.2) is 0 Å². The molecule has 1 rings (SSSR count). The number of nitrogens with zero attached hydrogens (tertiary/aromatic N) is 1. The van der Waals surface area contributed by atoms with Gasteiger partial charge in [-0.15, -0.1) is 0 Å². The Bertz CT molecular complexity index is 297. The van der Waals surface area contributed by atoms with E-state index in [0.717, 1.165) is 0 Å². The number of nitrogens with one attached hydrogen (secondary N) is 1. The average molecular weight is 282 g/mol. The number of halogens is 3. The van der Waals surface area contributed by atoms with Gasteiger partial charge in [0.1, 0.15) is 6.04 Å². The van der Waals surface area contributed by atoms with Crippen LogP contribution in [0.4, 0.5) is 13.2 Å². The second-order valence-corrected chi connectivity index (χ2v) is 4.73. The Morgan fingerprint density at radius 2 is 2.21 bits per heavy atom. The Morgan fingerprint density at radius 1 is 1.53 bits per heavy atom. The van der Waals surface area contributed by atoms with E-state index in [4.69, 9.17) is 4.74 Å². The molecule has 0 radical (unpaired) electrons. The summed E-state index contributed by atoms with van der Waals surface area (Å²) in [6.07, 6.45) is -3.48. The van der Waals surface area contributed by atoms with Gasteiger partial charge in [-0.05, 0) is 33.4 Å². The number of hydrogen-bond acceptors (Lipinski definition) is 4. The van der Waals surface area contributed by atoms with Gasteiger partial charge >= 0.3 is 12.1 Å². The molecule has 0 aromatic heterocycles. The predicted molar refractivity (Wildman–Crippen MR) is 64.7 cm³/mol. The van der Waals surface area contributed by atoms with Crippen LogP contribution in [0.15, 0.2) is 0 Å². The molecule has 19 heavy (non-hydrogen) atoms. The topological polar surface area (TPSA) is 41.6 Å². The summed E-state index contributed by atoms with van der Waals surface area (Å²) in [5, 5.41) is 2.79. The molecule has 1 fully saturated rings. The monoisotopic (exact) mass is 282 g/mol. The predicted octanol–water partition coefficient (Wildman–Crippen LogP) is 1.41. The smallest absolute Gasteiger partial charge is 0.393 e. The zero-order valence-electron chi connectivity index (χ0n) is 11.3. The third-order valence-electron chi connectivity index (χ3n) is 3.33. The van der Waals surface area contributed by atoms with Gasteiger partial charge in [0, 0.05) is 13.1 Å². The maximum atomic E-state index is 12.7. The van der Waals surface area contributed by atoms with E-state index >= 15 is 0 Å². The highest BCUT2D eigenvalue weighted by molar-refractivity contribution is 5.76. The molecule has 0 saturated carbocycles. The summed E-state index contributed by atoms with van der Waals surface area (Å²) in [5.41, 5.74) is 0. The number of piperidine rings is 1. The molecule has 1 N–H and O–H groups in total. The first-order valence-electron chi connectivity index (χ1n) is 6.51. The standard InChI is InChI=1S/C12H21F3N2O2/c1-3-19-11(18)10(16-2)8-17-6-4-5-9(7-17)12(13,14)15/h9-10,16H,3-8H2,1-2H3. The Hall–Kier alpha value is -0.820. The van der Waals surface area contributed by atoms with Crippen LogP contribution >= 0.6 is 0 Å². The van der Waals surface area contributed by atoms with Crippen molar-refractivity contribution in [2.75, 3.05) is 33.3 Å². The molecule has 7 heteroatoms. The molecule has 2 unspecified atom stereocenters. The van der Waals surface area contributed by atoms with E-state index in [1.165, 1.54) is 0 Å². The zero-order valence-corrected chi connectivity index (χ0v) is 11.3. The fraction of sp³-hybridized carbons (Fsp3) is 0.917. The lowest BCUT2D eigenvalue weighted by Gasteiger charge is -2.35. The van der Waals surface area contributed by atoms with E-state index in [0.29, 0.717) is 13.0 Å². The van der Waals surface area contributed by atoms with Crippen LogP contribution in [0.25, 0.3) is 0 Å². The highest BCUT2D eigenvalue weighted by atomic mass is 19.4. The summed E-state index contributed by atoms with van der Waals surface area (Å²) in [7, 11) is 1.60. The van der Waals surface area contributed by atoms with Gasteiger partial charge in [0.15, 0.2) is 0 Å². The van der Waals surface area contributed by atoms with Crippen molar-refractivity contribution < 1.29 is 22.7 Å². The number of likely N-dealkylation sites (tertiary alicyclic amines) is 1. The van der Waals surface area contributed by atoms with Crippen LogP contribution in [-0.2, 0) is 9.53 Å². The molecule has 0 aromatic carbocycles. The average Bonchev–Trinajstić information content (AvgIpc) is 2.35. The number of carbonyl (C=O) groups excluding carboxylic acids is 1. The van der Waals surface area contributed by atoms with E-state index < -0.39 is 24.1 Å². The third kappa shape index (κ3) is 4.99. The van der Waals surface area contributed by atoms with Gasteiger partial charge < -0.3 is 15.0 Å². The van der Waals surface area contributed by atoms with Crippen LogP contribution in [-0.4, -0.2) is 56.4 Å². The minimum atomic E-state index is -4.16. The van der Waals surface area contributed by atoms with E-state index in [-0.39, 0.29) is 26.1 Å². The molecule has 4 nitrogen and oxygen atoms in total. The maximum absolute atomic E-state index is 12.7. The number of carbonyl (C=O) groups is 1. The minimum absolute atomic E-state index is 0.0406. The lowest BCUT2D eigenvalue weighted by Crippen LogP contribution is -2.50. The van der Waals surface area contributed by atoms with Crippen LogP contribution in [0.5, 0.6) is 0 Å². The van der Waals surface area contributed by atoms with Crippen molar-refractivity contribution in [3.05, 3.63) is 0 Å². The van der Waals surface area contributed by atoms with E-state index in [1.54, 1.807) is 18.9 Å². The normalized spacial score (nSPS) is 23.1. The highest BCUT2D eigenvalue weighted by Gasteiger charge is 2.42. The fourth-order valence-corrected chi connectivity index (χ4v) is 2.27. The molecule has 1 saturated heterocycles. The van der Waals surface area contributed by atoms with E-state index in [9.17, 15) is 18.0 Å². The van der Waals surface area contributed by atoms with Crippen molar-refractivity contribution >= 4 is 5.97 Å². The first kappa shape index (κ1) is 16.2. The van der Waals surface area contributed by atoms with Gasteiger partial charge in [-0.3, -0.25) is 4.79 Å². The summed E-state index contributed by atoms with van der Waals surface area (Å²) >= 11 is 0. The molecule has 1 aliphatic rings. The number of rotatable bonds is 5. The summed E-state index contributed by atoms with van der Waals surface area (Å²) in [5.74, 6) is -1.71. The molecule has 1 heterocycles. The van der Waals surface area contributed by atoms with Crippen molar-refractivity contribution in [2.24, 2.45) is 5.92 Å². The number of ether oxygens (including phenoxy) is 1. The summed E-state index contributed by atoms with van der Waals surface area (Å²) in [4.78, 5) is 13.3. The first-order chi connectivity index (χ1) is 8.88. The van der Waals surface area contributed by atoms with Crippen molar-refractivity contribution in [1.82, 2.24) is 10.2 Å². The highest BCUT2D eigenvalue weighted by Crippen LogP contribution is 2.33. The van der Waals surface area contributed by atoms with E-state index in [1.807, 2.05) is 0 Å². The lowest BCUT2D eigenvalue weighted by atomic mass is 9.97. The molecule has 0 spiro atoms. The van der Waals surface area contributed by atoms with Crippen LogP contribution < -0.4 is 5.32 Å². The summed E-state index contributed by atoms with van der Waals surface area (Å²) < 4.78 is 42.9. The van der Waals surface area contributed by atoms with Crippen LogP contribution in [0, 0.1) is 5.92 Å². The second-order valence-electron chi connectivity index (χ2n) is 4.73. The van der Waals surface area contributed by atoms with Gasteiger partial charge in [0.25, 0.3) is 0 Å². The van der Waals surface area contributed by atoms with Gasteiger partial charge in [0.2, 0.25) is 0 Å². The van der Waals surface area contributed by atoms with Crippen LogP contribution in [0.1, 0.15) is 19.8 Å². The Balaban J connectivity index is 2.53. The lowest BCUT2D eigenvalue weighted by molar-refractivity contribution is -0.187. The third-order valence-corrected chi connectivity index (χ3v) is 3.33. The molecule has 0 aromatic rings. The van der Waals surface area contributed by atoms with Gasteiger partial charge in [-0.1, -0.05) is 0 Å². The van der Waals surface area contributed by atoms with Crippen molar-refractivity contribution in [1.29, 1.82) is 0 Å². The molecular weight excluding hydrogens is 261 g/mol. The summed E-state index contributed by atoms with van der Waals surface area (Å²) in [6, 6.07) is -0.577. The molecule has 112 valence electrons. The quantitative estimate of drug-likeness (QED) is 0.774. The number of hydrogen-bond donors (Lipinski definition) is 1. The van der Waals surface area contributed by atoms with E-state index in [2.05, 4.69) is 5.32 Å². The van der Waals surface area contributed by atoms with Crippen LogP contribution in [0.3, 0.4) is 0 Å². The van der Waals surface area contributed by atoms with Crippen molar-refractivity contribution in [3.63, 3.8) is 0 Å². The molecular formula is C12H21F3N2O2. The maximum Gasteiger partial charge on any atom is 0.393 e. The van der Waals surface area contributed by atoms with Crippen LogP contribution in [0.2, 0.25) is 0 Å². The first-order valence-corrected chi connectivity index (χ1v) is 6.51. The largest absolute Gasteiger partial charge is 0.465 e. The SMILES string of the molecule is CCOC(=O)C(CN1CCCC(C(F)(F)F)C1)NC. The number of esters is 1.